The largest absolute Gasteiger partial charge is 0.433 e. The lowest BCUT2D eigenvalue weighted by Gasteiger charge is -2.06. The Hall–Kier alpha value is -2.70. The van der Waals surface area contributed by atoms with E-state index in [4.69, 9.17) is 10.5 Å². The molecule has 6 nitrogen and oxygen atoms in total. The first kappa shape index (κ1) is 11.4. The lowest BCUT2D eigenvalue weighted by atomic mass is 10.3. The van der Waals surface area contributed by atoms with Crippen molar-refractivity contribution in [2.75, 3.05) is 5.73 Å². The van der Waals surface area contributed by atoms with Crippen LogP contribution in [0.5, 0.6) is 11.6 Å². The molecule has 0 fully saturated rings. The first-order valence-electron chi connectivity index (χ1n) is 5.54. The molecule has 0 amide bonds. The van der Waals surface area contributed by atoms with Gasteiger partial charge in [0.1, 0.15) is 5.82 Å². The van der Waals surface area contributed by atoms with Gasteiger partial charge in [-0.3, -0.25) is 4.40 Å². The van der Waals surface area contributed by atoms with Crippen LogP contribution < -0.4 is 10.5 Å². The minimum Gasteiger partial charge on any atom is -0.433 e. The number of hydrogen-bond donors (Lipinski definition) is 1. The SMILES string of the molecule is Cc1nnc2c(Oc3ccc(N)cc3F)nccn12. The maximum Gasteiger partial charge on any atom is 0.265 e. The highest BCUT2D eigenvalue weighted by molar-refractivity contribution is 5.51. The Balaban J connectivity index is 2.06. The van der Waals surface area contributed by atoms with E-state index in [9.17, 15) is 4.39 Å². The van der Waals surface area contributed by atoms with E-state index in [1.165, 1.54) is 18.3 Å². The van der Waals surface area contributed by atoms with Crippen molar-refractivity contribution >= 4 is 11.3 Å². The van der Waals surface area contributed by atoms with Crippen LogP contribution in [0.2, 0.25) is 0 Å². The molecule has 2 heterocycles. The molecule has 2 aromatic heterocycles. The van der Waals surface area contributed by atoms with Crippen LogP contribution in [0.15, 0.2) is 30.6 Å². The number of aromatic nitrogens is 4. The Morgan fingerprint density at radius 2 is 2.16 bits per heavy atom. The van der Waals surface area contributed by atoms with Crippen molar-refractivity contribution in [3.8, 4) is 11.6 Å². The van der Waals surface area contributed by atoms with Crippen LogP contribution in [0.25, 0.3) is 5.65 Å². The standard InChI is InChI=1S/C12H10FN5O/c1-7-16-17-11-12(15-4-5-18(7)11)19-10-3-2-8(14)6-9(10)13/h2-6H,14H2,1H3. The second-order valence-electron chi connectivity index (χ2n) is 3.97. The van der Waals surface area contributed by atoms with E-state index in [1.54, 1.807) is 23.6 Å². The van der Waals surface area contributed by atoms with Gasteiger partial charge in [-0.2, -0.15) is 0 Å². The number of nitrogen functional groups attached to an aromatic ring is 1. The van der Waals surface area contributed by atoms with Crippen molar-refractivity contribution < 1.29 is 9.13 Å². The van der Waals surface area contributed by atoms with Crippen molar-refractivity contribution in [3.63, 3.8) is 0 Å². The molecule has 0 spiro atoms. The third-order valence-corrected chi connectivity index (χ3v) is 2.63. The summed E-state index contributed by atoms with van der Waals surface area (Å²) in [6, 6.07) is 4.18. The highest BCUT2D eigenvalue weighted by atomic mass is 19.1. The first-order valence-corrected chi connectivity index (χ1v) is 5.54. The fourth-order valence-corrected chi connectivity index (χ4v) is 1.70. The zero-order valence-corrected chi connectivity index (χ0v) is 10.0. The van der Waals surface area contributed by atoms with Crippen LogP contribution in [0, 0.1) is 12.7 Å². The third-order valence-electron chi connectivity index (χ3n) is 2.63. The van der Waals surface area contributed by atoms with Crippen LogP contribution in [-0.2, 0) is 0 Å². The van der Waals surface area contributed by atoms with E-state index < -0.39 is 5.82 Å². The van der Waals surface area contributed by atoms with E-state index in [1.807, 2.05) is 0 Å². The molecular weight excluding hydrogens is 249 g/mol. The maximum absolute atomic E-state index is 13.7. The first-order chi connectivity index (χ1) is 9.15. The molecule has 0 aliphatic heterocycles. The molecule has 0 bridgehead atoms. The zero-order valence-electron chi connectivity index (χ0n) is 10.0. The summed E-state index contributed by atoms with van der Waals surface area (Å²) in [5.74, 6) is 0.363. The predicted molar refractivity (Wildman–Crippen MR) is 66.4 cm³/mol. The van der Waals surface area contributed by atoms with Gasteiger partial charge in [0.05, 0.1) is 0 Å². The minimum absolute atomic E-state index is 0.0375. The van der Waals surface area contributed by atoms with Gasteiger partial charge >= 0.3 is 0 Å². The van der Waals surface area contributed by atoms with Gasteiger partial charge in [0, 0.05) is 24.1 Å². The average Bonchev–Trinajstić information content (AvgIpc) is 2.76. The van der Waals surface area contributed by atoms with E-state index in [-0.39, 0.29) is 11.6 Å². The Morgan fingerprint density at radius 3 is 2.95 bits per heavy atom. The Morgan fingerprint density at radius 1 is 1.32 bits per heavy atom. The van der Waals surface area contributed by atoms with Gasteiger partial charge in [0.2, 0.25) is 5.65 Å². The molecule has 1 aromatic carbocycles. The van der Waals surface area contributed by atoms with Gasteiger partial charge in [-0.15, -0.1) is 10.2 Å². The van der Waals surface area contributed by atoms with Crippen LogP contribution in [0.1, 0.15) is 5.82 Å². The maximum atomic E-state index is 13.7. The smallest absolute Gasteiger partial charge is 0.265 e. The molecule has 0 saturated heterocycles. The van der Waals surface area contributed by atoms with Crippen molar-refractivity contribution in [2.45, 2.75) is 6.92 Å². The number of hydrogen-bond acceptors (Lipinski definition) is 5. The molecule has 0 radical (unpaired) electrons. The molecule has 3 aromatic rings. The highest BCUT2D eigenvalue weighted by Crippen LogP contribution is 2.26. The molecule has 0 atom stereocenters. The molecule has 0 unspecified atom stereocenters. The van der Waals surface area contributed by atoms with Gasteiger partial charge in [0.15, 0.2) is 11.6 Å². The van der Waals surface area contributed by atoms with Gasteiger partial charge in [-0.1, -0.05) is 0 Å². The van der Waals surface area contributed by atoms with Gasteiger partial charge in [-0.25, -0.2) is 9.37 Å². The molecule has 0 aliphatic carbocycles. The highest BCUT2D eigenvalue weighted by Gasteiger charge is 2.12. The Kier molecular flexibility index (Phi) is 2.52. The normalized spacial score (nSPS) is 10.8. The van der Waals surface area contributed by atoms with E-state index >= 15 is 0 Å². The summed E-state index contributed by atoms with van der Waals surface area (Å²) >= 11 is 0. The molecule has 0 saturated carbocycles. The number of ether oxygens (including phenoxy) is 1. The summed E-state index contributed by atoms with van der Waals surface area (Å²) in [6.07, 6.45) is 3.24. The van der Waals surface area contributed by atoms with Gasteiger partial charge < -0.3 is 10.5 Å². The van der Waals surface area contributed by atoms with Crippen LogP contribution in [-0.4, -0.2) is 19.6 Å². The minimum atomic E-state index is -0.556. The number of benzene rings is 1. The van der Waals surface area contributed by atoms with Gasteiger partial charge in [-0.05, 0) is 19.1 Å². The second kappa shape index (κ2) is 4.20. The monoisotopic (exact) mass is 259 g/mol. The van der Waals surface area contributed by atoms with Crippen molar-refractivity contribution in [2.24, 2.45) is 0 Å². The topological polar surface area (TPSA) is 78.3 Å². The molecule has 19 heavy (non-hydrogen) atoms. The van der Waals surface area contributed by atoms with E-state index in [0.29, 0.717) is 17.2 Å². The zero-order chi connectivity index (χ0) is 13.4. The van der Waals surface area contributed by atoms with Crippen LogP contribution in [0.4, 0.5) is 10.1 Å². The summed E-state index contributed by atoms with van der Waals surface area (Å²) in [5.41, 5.74) is 6.23. The molecule has 96 valence electrons. The lowest BCUT2D eigenvalue weighted by molar-refractivity contribution is 0.429. The predicted octanol–water partition coefficient (Wildman–Crippen LogP) is 1.95. The summed E-state index contributed by atoms with van der Waals surface area (Å²) in [4.78, 5) is 4.04. The lowest BCUT2D eigenvalue weighted by Crippen LogP contribution is -1.96. The molecule has 7 heteroatoms. The number of halogens is 1. The van der Waals surface area contributed by atoms with E-state index in [0.717, 1.165) is 0 Å². The number of aryl methyl sites for hydroxylation is 1. The molecule has 0 aliphatic rings. The quantitative estimate of drug-likeness (QED) is 0.711. The van der Waals surface area contributed by atoms with Crippen molar-refractivity contribution in [1.82, 2.24) is 19.6 Å². The Bertz CT molecular complexity index is 755. The number of fused-ring (bicyclic) bond motifs is 1. The average molecular weight is 259 g/mol. The van der Waals surface area contributed by atoms with E-state index in [2.05, 4.69) is 15.2 Å². The third kappa shape index (κ3) is 1.95. The van der Waals surface area contributed by atoms with Crippen LogP contribution >= 0.6 is 0 Å². The summed E-state index contributed by atoms with van der Waals surface area (Å²) < 4.78 is 20.8. The summed E-state index contributed by atoms with van der Waals surface area (Å²) in [5, 5.41) is 7.85. The van der Waals surface area contributed by atoms with Crippen molar-refractivity contribution in [1.29, 1.82) is 0 Å². The fourth-order valence-electron chi connectivity index (χ4n) is 1.70. The summed E-state index contributed by atoms with van der Waals surface area (Å²) in [7, 11) is 0. The Labute approximate surface area is 107 Å². The fraction of sp³-hybridized carbons (Fsp3) is 0.0833. The second-order valence-corrected chi connectivity index (χ2v) is 3.97. The van der Waals surface area contributed by atoms with Crippen molar-refractivity contribution in [3.05, 3.63) is 42.2 Å². The molecular formula is C12H10FN5O. The number of anilines is 1. The summed E-state index contributed by atoms with van der Waals surface area (Å²) in [6.45, 7) is 1.80. The number of rotatable bonds is 2. The van der Waals surface area contributed by atoms with Gasteiger partial charge in [0.25, 0.3) is 5.88 Å². The molecule has 2 N–H and O–H groups in total. The number of nitrogens with zero attached hydrogens (tertiary/aromatic N) is 4. The number of nitrogens with two attached hydrogens (primary N) is 1. The van der Waals surface area contributed by atoms with Crippen LogP contribution in [0.3, 0.4) is 0 Å². The molecule has 3 rings (SSSR count).